The van der Waals surface area contributed by atoms with Crippen molar-refractivity contribution >= 4 is 22.9 Å². The van der Waals surface area contributed by atoms with E-state index in [2.05, 4.69) is 31.7 Å². The highest BCUT2D eigenvalue weighted by Gasteiger charge is 2.20. The summed E-state index contributed by atoms with van der Waals surface area (Å²) in [6.45, 7) is 7.33. The first-order valence-electron chi connectivity index (χ1n) is 6.89. The predicted molar refractivity (Wildman–Crippen MR) is 81.9 cm³/mol. The number of thiazole rings is 1. The smallest absolute Gasteiger partial charge is 0.0895 e. The molecule has 0 saturated carbocycles. The van der Waals surface area contributed by atoms with Crippen LogP contribution in [0.25, 0.3) is 0 Å². The lowest BCUT2D eigenvalue weighted by Crippen LogP contribution is -2.30. The molecule has 2 aromatic rings. The van der Waals surface area contributed by atoms with E-state index >= 15 is 0 Å². The molecule has 3 rings (SSSR count). The second-order valence-corrected chi connectivity index (χ2v) is 6.83. The molecule has 1 N–H and O–H groups in total. The highest BCUT2D eigenvalue weighted by atomic mass is 32.1. The Morgan fingerprint density at radius 1 is 1.45 bits per heavy atom. The van der Waals surface area contributed by atoms with Crippen LogP contribution in [0.1, 0.15) is 22.7 Å². The van der Waals surface area contributed by atoms with E-state index in [1.807, 2.05) is 10.9 Å². The van der Waals surface area contributed by atoms with Crippen molar-refractivity contribution in [1.82, 2.24) is 24.8 Å². The highest BCUT2D eigenvalue weighted by molar-refractivity contribution is 7.09. The van der Waals surface area contributed by atoms with Gasteiger partial charge in [-0.2, -0.15) is 0 Å². The van der Waals surface area contributed by atoms with Crippen molar-refractivity contribution in [1.29, 1.82) is 0 Å². The fraction of sp³-hybridized carbons (Fsp3) is 0.615. The average molecular weight is 309 g/mol. The van der Waals surface area contributed by atoms with Crippen LogP contribution in [0, 0.1) is 12.8 Å². The van der Waals surface area contributed by atoms with Crippen LogP contribution in [0.3, 0.4) is 0 Å². The van der Waals surface area contributed by atoms with Gasteiger partial charge in [0.05, 0.1) is 16.9 Å². The number of rotatable bonds is 6. The number of aryl methyl sites for hydroxylation is 1. The Morgan fingerprint density at radius 3 is 3.05 bits per heavy atom. The summed E-state index contributed by atoms with van der Waals surface area (Å²) >= 11 is 3.17. The predicted octanol–water partition coefficient (Wildman–Crippen LogP) is 1.91. The second kappa shape index (κ2) is 6.71. The van der Waals surface area contributed by atoms with E-state index in [0.29, 0.717) is 0 Å². The third-order valence-corrected chi connectivity index (χ3v) is 5.15. The van der Waals surface area contributed by atoms with Crippen molar-refractivity contribution in [3.8, 4) is 0 Å². The van der Waals surface area contributed by atoms with Crippen molar-refractivity contribution in [3.63, 3.8) is 0 Å². The molecule has 1 fully saturated rings. The van der Waals surface area contributed by atoms with Crippen molar-refractivity contribution in [2.75, 3.05) is 19.6 Å². The maximum absolute atomic E-state index is 4.35. The fourth-order valence-electron chi connectivity index (χ4n) is 2.58. The van der Waals surface area contributed by atoms with Crippen LogP contribution in [0.15, 0.2) is 10.9 Å². The van der Waals surface area contributed by atoms with Crippen molar-refractivity contribution in [3.05, 3.63) is 27.2 Å². The minimum atomic E-state index is 0.745. The molecule has 2 aromatic heterocycles. The van der Waals surface area contributed by atoms with Gasteiger partial charge in [0.15, 0.2) is 0 Å². The van der Waals surface area contributed by atoms with Crippen LogP contribution in [-0.4, -0.2) is 39.1 Å². The topological polar surface area (TPSA) is 53.9 Å². The van der Waals surface area contributed by atoms with E-state index in [9.17, 15) is 0 Å². The Balaban J connectivity index is 1.67. The van der Waals surface area contributed by atoms with Crippen LogP contribution in [0.5, 0.6) is 0 Å². The number of hydrogen-bond acceptors (Lipinski definition) is 7. The van der Waals surface area contributed by atoms with Gasteiger partial charge in [0.25, 0.3) is 0 Å². The first-order valence-corrected chi connectivity index (χ1v) is 8.61. The lowest BCUT2D eigenvalue weighted by molar-refractivity contribution is 0.219. The molecule has 1 aliphatic rings. The Morgan fingerprint density at radius 2 is 2.40 bits per heavy atom. The average Bonchev–Trinajstić information content (AvgIpc) is 3.15. The number of nitrogens with zero attached hydrogens (tertiary/aromatic N) is 4. The fourth-order valence-corrected chi connectivity index (χ4v) is 3.84. The Labute approximate surface area is 127 Å². The SMILES string of the molecule is Cc1ncsc1CN(Cc1csnn1)C[C@@H]1CCNC1. The Bertz CT molecular complexity index is 519. The minimum Gasteiger partial charge on any atom is -0.316 e. The molecule has 0 bridgehead atoms. The summed E-state index contributed by atoms with van der Waals surface area (Å²) in [6, 6.07) is 0. The minimum absolute atomic E-state index is 0.745. The Hall–Kier alpha value is -0.890. The Kier molecular flexibility index (Phi) is 4.72. The summed E-state index contributed by atoms with van der Waals surface area (Å²) < 4.78 is 3.96. The monoisotopic (exact) mass is 309 g/mol. The molecule has 0 spiro atoms. The summed E-state index contributed by atoms with van der Waals surface area (Å²) in [4.78, 5) is 8.19. The van der Waals surface area contributed by atoms with Gasteiger partial charge in [0.1, 0.15) is 0 Å². The molecule has 0 unspecified atom stereocenters. The highest BCUT2D eigenvalue weighted by Crippen LogP contribution is 2.19. The molecule has 1 aliphatic heterocycles. The number of hydrogen-bond donors (Lipinski definition) is 1. The summed E-state index contributed by atoms with van der Waals surface area (Å²) in [5.41, 5.74) is 4.16. The largest absolute Gasteiger partial charge is 0.316 e. The van der Waals surface area contributed by atoms with E-state index < -0.39 is 0 Å². The zero-order valence-corrected chi connectivity index (χ0v) is 13.2. The van der Waals surface area contributed by atoms with E-state index in [1.54, 1.807) is 11.3 Å². The van der Waals surface area contributed by atoms with Gasteiger partial charge >= 0.3 is 0 Å². The normalized spacial score (nSPS) is 19.0. The number of nitrogens with one attached hydrogen (secondary N) is 1. The van der Waals surface area contributed by atoms with Crippen LogP contribution in [-0.2, 0) is 13.1 Å². The second-order valence-electron chi connectivity index (χ2n) is 5.29. The van der Waals surface area contributed by atoms with Gasteiger partial charge in [0.2, 0.25) is 0 Å². The maximum Gasteiger partial charge on any atom is 0.0895 e. The van der Waals surface area contributed by atoms with E-state index in [-0.39, 0.29) is 0 Å². The van der Waals surface area contributed by atoms with Gasteiger partial charge in [-0.05, 0) is 43.9 Å². The van der Waals surface area contributed by atoms with Gasteiger partial charge in [-0.25, -0.2) is 4.98 Å². The molecule has 1 atom stereocenters. The first kappa shape index (κ1) is 14.1. The van der Waals surface area contributed by atoms with Gasteiger partial charge < -0.3 is 5.32 Å². The first-order chi connectivity index (χ1) is 9.81. The lowest BCUT2D eigenvalue weighted by Gasteiger charge is -2.24. The van der Waals surface area contributed by atoms with Crippen molar-refractivity contribution in [2.45, 2.75) is 26.4 Å². The molecule has 7 heteroatoms. The molecule has 0 aromatic carbocycles. The quantitative estimate of drug-likeness (QED) is 0.883. The molecular formula is C13H19N5S2. The van der Waals surface area contributed by atoms with Crippen LogP contribution in [0.2, 0.25) is 0 Å². The van der Waals surface area contributed by atoms with E-state index in [4.69, 9.17) is 0 Å². The summed E-state index contributed by atoms with van der Waals surface area (Å²) in [6.07, 6.45) is 1.27. The van der Waals surface area contributed by atoms with Crippen molar-refractivity contribution in [2.24, 2.45) is 5.92 Å². The molecule has 5 nitrogen and oxygen atoms in total. The van der Waals surface area contributed by atoms with Gasteiger partial charge in [-0.15, -0.1) is 16.4 Å². The van der Waals surface area contributed by atoms with Gasteiger partial charge in [0, 0.05) is 29.9 Å². The maximum atomic E-state index is 4.35. The lowest BCUT2D eigenvalue weighted by atomic mass is 10.1. The van der Waals surface area contributed by atoms with Crippen LogP contribution in [0.4, 0.5) is 0 Å². The van der Waals surface area contributed by atoms with Crippen LogP contribution >= 0.6 is 22.9 Å². The van der Waals surface area contributed by atoms with E-state index in [0.717, 1.165) is 50.0 Å². The molecule has 0 radical (unpaired) electrons. The standard InChI is InChI=1S/C13H19N5S2/c1-10-13(19-9-15-10)7-18(5-11-2-3-14-4-11)6-12-8-20-17-16-12/h8-9,11,14H,2-7H2,1H3/t11-/m1/s1. The van der Waals surface area contributed by atoms with Gasteiger partial charge in [-0.3, -0.25) is 4.90 Å². The molecule has 108 valence electrons. The summed E-state index contributed by atoms with van der Waals surface area (Å²) in [5, 5.41) is 9.67. The zero-order valence-electron chi connectivity index (χ0n) is 11.6. The molecule has 20 heavy (non-hydrogen) atoms. The molecule has 0 aliphatic carbocycles. The van der Waals surface area contributed by atoms with Gasteiger partial charge in [-0.1, -0.05) is 4.49 Å². The summed E-state index contributed by atoms with van der Waals surface area (Å²) in [7, 11) is 0. The van der Waals surface area contributed by atoms with E-state index in [1.165, 1.54) is 22.8 Å². The third kappa shape index (κ3) is 3.60. The molecule has 0 amide bonds. The molecular weight excluding hydrogens is 290 g/mol. The van der Waals surface area contributed by atoms with Crippen LogP contribution < -0.4 is 5.32 Å². The van der Waals surface area contributed by atoms with Crippen molar-refractivity contribution < 1.29 is 0 Å². The zero-order chi connectivity index (χ0) is 13.8. The third-order valence-electron chi connectivity index (χ3n) is 3.68. The molecule has 1 saturated heterocycles. The summed E-state index contributed by atoms with van der Waals surface area (Å²) in [5.74, 6) is 0.745. The molecule has 3 heterocycles. The number of aromatic nitrogens is 3.